The number of piperazine rings is 1. The first kappa shape index (κ1) is 17.1. The molecular weight excluding hydrogens is 254 g/mol. The van der Waals surface area contributed by atoms with E-state index in [0.29, 0.717) is 6.61 Å². The number of ether oxygens (including phenoxy) is 1. The first-order chi connectivity index (χ1) is 9.84. The Morgan fingerprint density at radius 3 is 2.60 bits per heavy atom. The summed E-state index contributed by atoms with van der Waals surface area (Å²) in [5, 5.41) is 3.80. The Hall–Kier alpha value is -0.910. The van der Waals surface area contributed by atoms with Gasteiger partial charge in [0, 0.05) is 38.9 Å². The number of hydrogen-bond acceptors (Lipinski definition) is 5. The third-order valence-corrected chi connectivity index (χ3v) is 3.35. The van der Waals surface area contributed by atoms with Crippen LogP contribution in [0.15, 0.2) is 16.9 Å². The molecule has 0 aliphatic carbocycles. The molecule has 1 aliphatic heterocycles. The van der Waals surface area contributed by atoms with Gasteiger partial charge in [-0.05, 0) is 26.4 Å². The highest BCUT2D eigenvalue weighted by Gasteiger charge is 2.12. The van der Waals surface area contributed by atoms with Crippen LogP contribution in [0.3, 0.4) is 0 Å². The molecular formula is C15H29N3O2. The highest BCUT2D eigenvalue weighted by molar-refractivity contribution is 4.92. The Morgan fingerprint density at radius 1 is 1.20 bits per heavy atom. The second-order valence-corrected chi connectivity index (χ2v) is 4.90. The van der Waals surface area contributed by atoms with Crippen molar-refractivity contribution in [3.05, 3.63) is 18.0 Å². The third kappa shape index (κ3) is 7.03. The van der Waals surface area contributed by atoms with Gasteiger partial charge in [0.15, 0.2) is 0 Å². The summed E-state index contributed by atoms with van der Waals surface area (Å²) in [6.45, 7) is 11.4. The topological polar surface area (TPSA) is 41.7 Å². The van der Waals surface area contributed by atoms with Crippen molar-refractivity contribution >= 4 is 0 Å². The van der Waals surface area contributed by atoms with Gasteiger partial charge in [-0.2, -0.15) is 0 Å². The van der Waals surface area contributed by atoms with E-state index in [4.69, 9.17) is 9.26 Å². The van der Waals surface area contributed by atoms with Crippen LogP contribution in [0.4, 0.5) is 0 Å². The molecule has 20 heavy (non-hydrogen) atoms. The van der Waals surface area contributed by atoms with Crippen molar-refractivity contribution in [2.75, 3.05) is 46.4 Å². The standard InChI is InChI=1S/C13H23N3O2.C2H6/c1-15-6-8-16(9-7-15)5-2-3-10-17-12-13-4-11-18-14-13;1-2/h4,11H,2-3,5-10,12H2,1H3;1-2H3. The average molecular weight is 283 g/mol. The van der Waals surface area contributed by atoms with Gasteiger partial charge in [0.1, 0.15) is 12.0 Å². The molecule has 2 heterocycles. The lowest BCUT2D eigenvalue weighted by atomic mass is 10.2. The van der Waals surface area contributed by atoms with Gasteiger partial charge in [-0.15, -0.1) is 0 Å². The molecule has 1 aromatic heterocycles. The fourth-order valence-corrected chi connectivity index (χ4v) is 2.10. The van der Waals surface area contributed by atoms with Crippen molar-refractivity contribution in [2.24, 2.45) is 0 Å². The minimum Gasteiger partial charge on any atom is -0.375 e. The fraction of sp³-hybridized carbons (Fsp3) is 0.800. The monoisotopic (exact) mass is 283 g/mol. The zero-order chi connectivity index (χ0) is 14.6. The molecule has 0 aromatic carbocycles. The minimum atomic E-state index is 0.561. The van der Waals surface area contributed by atoms with Crippen molar-refractivity contribution in [3.8, 4) is 0 Å². The predicted octanol–water partition coefficient (Wildman–Crippen LogP) is 2.25. The fourth-order valence-electron chi connectivity index (χ4n) is 2.10. The molecule has 0 atom stereocenters. The highest BCUT2D eigenvalue weighted by atomic mass is 16.5. The Kier molecular flexibility index (Phi) is 9.28. The van der Waals surface area contributed by atoms with Gasteiger partial charge in [-0.25, -0.2) is 0 Å². The lowest BCUT2D eigenvalue weighted by Gasteiger charge is -2.32. The van der Waals surface area contributed by atoms with Crippen molar-refractivity contribution in [2.45, 2.75) is 33.3 Å². The average Bonchev–Trinajstić information content (AvgIpc) is 3.00. The summed E-state index contributed by atoms with van der Waals surface area (Å²) in [6.07, 6.45) is 3.90. The lowest BCUT2D eigenvalue weighted by Crippen LogP contribution is -2.44. The molecule has 0 radical (unpaired) electrons. The number of likely N-dealkylation sites (N-methyl/N-ethyl adjacent to an activating group) is 1. The molecule has 0 amide bonds. The first-order valence-corrected chi connectivity index (χ1v) is 7.72. The van der Waals surface area contributed by atoms with Crippen LogP contribution in [-0.2, 0) is 11.3 Å². The molecule has 5 heteroatoms. The van der Waals surface area contributed by atoms with Crippen LogP contribution in [0.5, 0.6) is 0 Å². The quantitative estimate of drug-likeness (QED) is 0.718. The Balaban J connectivity index is 0.000000956. The van der Waals surface area contributed by atoms with Crippen LogP contribution in [0.2, 0.25) is 0 Å². The van der Waals surface area contributed by atoms with Gasteiger partial charge >= 0.3 is 0 Å². The van der Waals surface area contributed by atoms with Gasteiger partial charge in [-0.3, -0.25) is 0 Å². The maximum absolute atomic E-state index is 5.54. The first-order valence-electron chi connectivity index (χ1n) is 7.72. The smallest absolute Gasteiger partial charge is 0.124 e. The van der Waals surface area contributed by atoms with E-state index in [9.17, 15) is 0 Å². The van der Waals surface area contributed by atoms with Gasteiger partial charge in [0.05, 0.1) is 6.61 Å². The number of unbranched alkanes of at least 4 members (excludes halogenated alkanes) is 1. The highest BCUT2D eigenvalue weighted by Crippen LogP contribution is 2.03. The minimum absolute atomic E-state index is 0.561. The molecule has 1 fully saturated rings. The zero-order valence-electron chi connectivity index (χ0n) is 13.2. The molecule has 5 nitrogen and oxygen atoms in total. The van der Waals surface area contributed by atoms with E-state index in [1.165, 1.54) is 39.1 Å². The number of aromatic nitrogens is 1. The second kappa shape index (κ2) is 10.8. The molecule has 1 aromatic rings. The maximum Gasteiger partial charge on any atom is 0.124 e. The summed E-state index contributed by atoms with van der Waals surface area (Å²) in [5.41, 5.74) is 0.870. The Morgan fingerprint density at radius 2 is 1.95 bits per heavy atom. The van der Waals surface area contributed by atoms with Crippen molar-refractivity contribution < 1.29 is 9.26 Å². The van der Waals surface area contributed by atoms with Crippen LogP contribution in [-0.4, -0.2) is 61.3 Å². The molecule has 1 aliphatic rings. The summed E-state index contributed by atoms with van der Waals surface area (Å²) in [4.78, 5) is 4.93. The number of rotatable bonds is 7. The van der Waals surface area contributed by atoms with Crippen LogP contribution in [0, 0.1) is 0 Å². The van der Waals surface area contributed by atoms with Gasteiger partial charge in [0.25, 0.3) is 0 Å². The Labute approximate surface area is 122 Å². The molecule has 0 unspecified atom stereocenters. The summed E-state index contributed by atoms with van der Waals surface area (Å²) < 4.78 is 10.3. The molecule has 2 rings (SSSR count). The Bertz CT molecular complexity index is 309. The zero-order valence-corrected chi connectivity index (χ0v) is 13.2. The van der Waals surface area contributed by atoms with Crippen molar-refractivity contribution in [1.29, 1.82) is 0 Å². The molecule has 0 saturated carbocycles. The normalized spacial score (nSPS) is 16.8. The largest absolute Gasteiger partial charge is 0.375 e. The summed E-state index contributed by atoms with van der Waals surface area (Å²) >= 11 is 0. The van der Waals surface area contributed by atoms with E-state index in [1.807, 2.05) is 19.9 Å². The molecule has 0 spiro atoms. The third-order valence-electron chi connectivity index (χ3n) is 3.35. The summed E-state index contributed by atoms with van der Waals surface area (Å²) in [5.74, 6) is 0. The molecule has 1 saturated heterocycles. The summed E-state index contributed by atoms with van der Waals surface area (Å²) in [7, 11) is 2.19. The lowest BCUT2D eigenvalue weighted by molar-refractivity contribution is 0.105. The van der Waals surface area contributed by atoms with Crippen molar-refractivity contribution in [3.63, 3.8) is 0 Å². The molecule has 0 bridgehead atoms. The van der Waals surface area contributed by atoms with E-state index >= 15 is 0 Å². The predicted molar refractivity (Wildman–Crippen MR) is 80.7 cm³/mol. The van der Waals surface area contributed by atoms with Gasteiger partial charge < -0.3 is 19.1 Å². The van der Waals surface area contributed by atoms with Crippen LogP contribution < -0.4 is 0 Å². The second-order valence-electron chi connectivity index (χ2n) is 4.90. The van der Waals surface area contributed by atoms with E-state index in [2.05, 4.69) is 22.0 Å². The van der Waals surface area contributed by atoms with Crippen LogP contribution >= 0.6 is 0 Å². The van der Waals surface area contributed by atoms with E-state index in [1.54, 1.807) is 6.26 Å². The summed E-state index contributed by atoms with van der Waals surface area (Å²) in [6, 6.07) is 1.84. The van der Waals surface area contributed by atoms with E-state index in [-0.39, 0.29) is 0 Å². The van der Waals surface area contributed by atoms with E-state index < -0.39 is 0 Å². The van der Waals surface area contributed by atoms with Crippen LogP contribution in [0.25, 0.3) is 0 Å². The molecule has 116 valence electrons. The number of nitrogens with zero attached hydrogens (tertiary/aromatic N) is 3. The van der Waals surface area contributed by atoms with Gasteiger partial charge in [-0.1, -0.05) is 19.0 Å². The van der Waals surface area contributed by atoms with Gasteiger partial charge in [0.2, 0.25) is 0 Å². The maximum atomic E-state index is 5.54. The van der Waals surface area contributed by atoms with Crippen molar-refractivity contribution in [1.82, 2.24) is 15.0 Å². The SMILES string of the molecule is CC.CN1CCN(CCCCOCc2ccon2)CC1. The van der Waals surface area contributed by atoms with E-state index in [0.717, 1.165) is 18.7 Å². The molecule has 0 N–H and O–H groups in total. The van der Waals surface area contributed by atoms with Crippen LogP contribution in [0.1, 0.15) is 32.4 Å². The number of hydrogen-bond donors (Lipinski definition) is 0.